The molecule has 1 saturated carbocycles. The van der Waals surface area contributed by atoms with E-state index in [4.69, 9.17) is 0 Å². The first-order valence-corrected chi connectivity index (χ1v) is 8.14. The van der Waals surface area contributed by atoms with Gasteiger partial charge in [0.05, 0.1) is 5.75 Å². The molecule has 0 bridgehead atoms. The fourth-order valence-electron chi connectivity index (χ4n) is 2.16. The molecule has 1 N–H and O–H groups in total. The normalized spacial score (nSPS) is 29.3. The standard InChI is InChI=1S/C11H18N2O4S/c1-7-10(14)12-9(8-3-4-8)11(15)13(7)5-6-18(2,16)17/h7-9H,3-6H2,1-2H3,(H,12,14). The maximum Gasteiger partial charge on any atom is 0.246 e. The topological polar surface area (TPSA) is 83.6 Å². The molecular formula is C11H18N2O4S. The number of piperazine rings is 1. The van der Waals surface area contributed by atoms with Crippen LogP contribution in [0.1, 0.15) is 19.8 Å². The summed E-state index contributed by atoms with van der Waals surface area (Å²) in [5, 5.41) is 2.73. The summed E-state index contributed by atoms with van der Waals surface area (Å²) in [6.07, 6.45) is 3.03. The van der Waals surface area contributed by atoms with Crippen LogP contribution in [-0.2, 0) is 19.4 Å². The molecule has 7 heteroatoms. The fourth-order valence-corrected chi connectivity index (χ4v) is 2.69. The van der Waals surface area contributed by atoms with Crippen LogP contribution in [0.2, 0.25) is 0 Å². The monoisotopic (exact) mass is 274 g/mol. The Morgan fingerprint density at radius 1 is 1.33 bits per heavy atom. The quantitative estimate of drug-likeness (QED) is 0.724. The third-order valence-electron chi connectivity index (χ3n) is 3.49. The molecule has 1 heterocycles. The van der Waals surface area contributed by atoms with Crippen molar-refractivity contribution in [2.75, 3.05) is 18.6 Å². The van der Waals surface area contributed by atoms with Gasteiger partial charge < -0.3 is 10.2 Å². The molecule has 0 spiro atoms. The maximum absolute atomic E-state index is 12.2. The highest BCUT2D eigenvalue weighted by Crippen LogP contribution is 2.34. The van der Waals surface area contributed by atoms with E-state index in [1.54, 1.807) is 6.92 Å². The summed E-state index contributed by atoms with van der Waals surface area (Å²) in [6, 6.07) is -1.04. The van der Waals surface area contributed by atoms with Gasteiger partial charge in [-0.05, 0) is 25.7 Å². The van der Waals surface area contributed by atoms with Gasteiger partial charge in [-0.25, -0.2) is 8.42 Å². The Bertz CT molecular complexity index is 469. The van der Waals surface area contributed by atoms with Gasteiger partial charge in [-0.3, -0.25) is 9.59 Å². The summed E-state index contributed by atoms with van der Waals surface area (Å²) in [6.45, 7) is 1.72. The Balaban J connectivity index is 2.09. The zero-order valence-electron chi connectivity index (χ0n) is 10.5. The number of amides is 2. The van der Waals surface area contributed by atoms with Crippen LogP contribution in [-0.4, -0.2) is 55.8 Å². The van der Waals surface area contributed by atoms with Gasteiger partial charge in [-0.2, -0.15) is 0 Å². The summed E-state index contributed by atoms with van der Waals surface area (Å²) in [5.74, 6) is -0.212. The Morgan fingerprint density at radius 3 is 2.44 bits per heavy atom. The number of sulfone groups is 1. The molecule has 18 heavy (non-hydrogen) atoms. The Labute approximate surface area is 107 Å². The highest BCUT2D eigenvalue weighted by molar-refractivity contribution is 7.90. The second-order valence-corrected chi connectivity index (χ2v) is 7.42. The Hall–Kier alpha value is -1.11. The zero-order valence-corrected chi connectivity index (χ0v) is 11.4. The number of nitrogens with zero attached hydrogens (tertiary/aromatic N) is 1. The van der Waals surface area contributed by atoms with Gasteiger partial charge in [0.15, 0.2) is 0 Å². The number of nitrogens with one attached hydrogen (secondary N) is 1. The van der Waals surface area contributed by atoms with E-state index in [1.807, 2.05) is 0 Å². The summed E-state index contributed by atoms with van der Waals surface area (Å²) in [5.41, 5.74) is 0. The lowest BCUT2D eigenvalue weighted by Crippen LogP contribution is -2.63. The SMILES string of the molecule is CC1C(=O)NC(C2CC2)C(=O)N1CCS(C)(=O)=O. The summed E-state index contributed by atoms with van der Waals surface area (Å²) in [7, 11) is -3.14. The van der Waals surface area contributed by atoms with Crippen molar-refractivity contribution in [1.82, 2.24) is 10.2 Å². The van der Waals surface area contributed by atoms with Crippen molar-refractivity contribution in [3.63, 3.8) is 0 Å². The first-order valence-electron chi connectivity index (χ1n) is 6.08. The van der Waals surface area contributed by atoms with Crippen molar-refractivity contribution in [2.24, 2.45) is 5.92 Å². The summed E-state index contributed by atoms with van der Waals surface area (Å²) >= 11 is 0. The molecule has 2 rings (SSSR count). The molecule has 2 atom stereocenters. The van der Waals surface area contributed by atoms with Gasteiger partial charge >= 0.3 is 0 Å². The number of hydrogen-bond donors (Lipinski definition) is 1. The van der Waals surface area contributed by atoms with Gasteiger partial charge in [-0.1, -0.05) is 0 Å². The van der Waals surface area contributed by atoms with E-state index >= 15 is 0 Å². The molecular weight excluding hydrogens is 256 g/mol. The van der Waals surface area contributed by atoms with Crippen LogP contribution in [0.3, 0.4) is 0 Å². The van der Waals surface area contributed by atoms with Gasteiger partial charge in [0.2, 0.25) is 11.8 Å². The van der Waals surface area contributed by atoms with Crippen LogP contribution in [0.4, 0.5) is 0 Å². The first kappa shape index (κ1) is 13.3. The summed E-state index contributed by atoms with van der Waals surface area (Å²) < 4.78 is 22.3. The Kier molecular flexibility index (Phi) is 3.35. The van der Waals surface area contributed by atoms with Crippen LogP contribution < -0.4 is 5.32 Å². The second-order valence-electron chi connectivity index (χ2n) is 5.16. The zero-order chi connectivity index (χ0) is 13.5. The van der Waals surface area contributed by atoms with E-state index in [0.717, 1.165) is 19.1 Å². The van der Waals surface area contributed by atoms with Crippen molar-refractivity contribution >= 4 is 21.7 Å². The number of carbonyl (C=O) groups excluding carboxylic acids is 2. The largest absolute Gasteiger partial charge is 0.342 e. The molecule has 6 nitrogen and oxygen atoms in total. The molecule has 1 aliphatic heterocycles. The molecule has 0 aromatic rings. The number of rotatable bonds is 4. The predicted molar refractivity (Wildman–Crippen MR) is 65.5 cm³/mol. The van der Waals surface area contributed by atoms with Crippen LogP contribution in [0.15, 0.2) is 0 Å². The molecule has 0 aromatic carbocycles. The van der Waals surface area contributed by atoms with Gasteiger partial charge in [0.1, 0.15) is 21.9 Å². The van der Waals surface area contributed by atoms with Gasteiger partial charge in [-0.15, -0.1) is 0 Å². The molecule has 2 unspecified atom stereocenters. The smallest absolute Gasteiger partial charge is 0.246 e. The molecule has 2 aliphatic rings. The van der Waals surface area contributed by atoms with Crippen LogP contribution in [0.5, 0.6) is 0 Å². The third kappa shape index (κ3) is 2.82. The number of carbonyl (C=O) groups is 2. The van der Waals surface area contributed by atoms with Crippen molar-refractivity contribution in [1.29, 1.82) is 0 Å². The molecule has 0 aromatic heterocycles. The predicted octanol–water partition coefficient (Wildman–Crippen LogP) is -0.843. The second kappa shape index (κ2) is 4.53. The Morgan fingerprint density at radius 2 is 1.94 bits per heavy atom. The first-order chi connectivity index (χ1) is 8.29. The molecule has 0 radical (unpaired) electrons. The van der Waals surface area contributed by atoms with Crippen molar-refractivity contribution in [2.45, 2.75) is 31.8 Å². The minimum Gasteiger partial charge on any atom is -0.342 e. The van der Waals surface area contributed by atoms with E-state index < -0.39 is 21.9 Å². The summed E-state index contributed by atoms with van der Waals surface area (Å²) in [4.78, 5) is 25.4. The van der Waals surface area contributed by atoms with E-state index in [0.29, 0.717) is 0 Å². The molecule has 1 saturated heterocycles. The van der Waals surface area contributed by atoms with Crippen LogP contribution >= 0.6 is 0 Å². The maximum atomic E-state index is 12.2. The van der Waals surface area contributed by atoms with E-state index in [-0.39, 0.29) is 30.0 Å². The van der Waals surface area contributed by atoms with Gasteiger partial charge in [0, 0.05) is 12.8 Å². The highest BCUT2D eigenvalue weighted by Gasteiger charge is 2.45. The average molecular weight is 274 g/mol. The van der Waals surface area contributed by atoms with Crippen molar-refractivity contribution < 1.29 is 18.0 Å². The number of hydrogen-bond acceptors (Lipinski definition) is 4. The van der Waals surface area contributed by atoms with E-state index in [9.17, 15) is 18.0 Å². The van der Waals surface area contributed by atoms with Crippen molar-refractivity contribution in [3.8, 4) is 0 Å². The van der Waals surface area contributed by atoms with E-state index in [1.165, 1.54) is 4.90 Å². The fraction of sp³-hybridized carbons (Fsp3) is 0.818. The lowest BCUT2D eigenvalue weighted by molar-refractivity contribution is -0.148. The lowest BCUT2D eigenvalue weighted by atomic mass is 10.0. The third-order valence-corrected chi connectivity index (χ3v) is 4.41. The van der Waals surface area contributed by atoms with Crippen LogP contribution in [0.25, 0.3) is 0 Å². The highest BCUT2D eigenvalue weighted by atomic mass is 32.2. The minimum atomic E-state index is -3.14. The molecule has 2 amide bonds. The van der Waals surface area contributed by atoms with E-state index in [2.05, 4.69) is 5.32 Å². The van der Waals surface area contributed by atoms with Crippen LogP contribution in [0, 0.1) is 5.92 Å². The lowest BCUT2D eigenvalue weighted by Gasteiger charge is -2.37. The average Bonchev–Trinajstić information content (AvgIpc) is 3.05. The van der Waals surface area contributed by atoms with Gasteiger partial charge in [0.25, 0.3) is 0 Å². The van der Waals surface area contributed by atoms with Crippen molar-refractivity contribution in [3.05, 3.63) is 0 Å². The minimum absolute atomic E-state index is 0.0927. The molecule has 1 aliphatic carbocycles. The molecule has 102 valence electrons. The molecule has 2 fully saturated rings.